The molecule has 1 heterocycles. The third kappa shape index (κ3) is 5.46. The zero-order chi connectivity index (χ0) is 21.6. The molecule has 1 aromatic heterocycles. The number of aromatic nitrogens is 1. The second-order valence-electron chi connectivity index (χ2n) is 5.95. The number of methoxy groups -OCH3 is 1. The molecule has 2 rings (SSSR count). The third-order valence-electron chi connectivity index (χ3n) is 4.14. The van der Waals surface area contributed by atoms with Gasteiger partial charge in [0.05, 0.1) is 23.0 Å². The predicted molar refractivity (Wildman–Crippen MR) is 122 cm³/mol. The summed E-state index contributed by atoms with van der Waals surface area (Å²) in [5.74, 6) is 0.295. The quantitative estimate of drug-likeness (QED) is 0.441. The molecule has 6 nitrogen and oxygen atoms in total. The second kappa shape index (κ2) is 10.4. The summed E-state index contributed by atoms with van der Waals surface area (Å²) in [7, 11) is -2.27. The van der Waals surface area contributed by atoms with E-state index in [1.807, 2.05) is 6.92 Å². The Hall–Kier alpha value is -1.71. The fourth-order valence-corrected chi connectivity index (χ4v) is 6.13. The van der Waals surface area contributed by atoms with Crippen LogP contribution in [-0.4, -0.2) is 32.1 Å². The van der Waals surface area contributed by atoms with Crippen LogP contribution >= 0.6 is 27.7 Å². The average Bonchev–Trinajstić information content (AvgIpc) is 3.08. The Labute approximate surface area is 184 Å². The summed E-state index contributed by atoms with van der Waals surface area (Å²) >= 11 is 4.48. The molecule has 0 aliphatic carbocycles. The van der Waals surface area contributed by atoms with Crippen molar-refractivity contribution >= 4 is 54.6 Å². The van der Waals surface area contributed by atoms with Crippen LogP contribution < -0.4 is 4.74 Å². The molecule has 158 valence electrons. The molecule has 0 aliphatic rings. The first kappa shape index (κ1) is 23.6. The molecule has 2 aromatic rings. The lowest BCUT2D eigenvalue weighted by Crippen LogP contribution is -2.12. The molecule has 0 amide bonds. The minimum absolute atomic E-state index is 0.166. The lowest BCUT2D eigenvalue weighted by molar-refractivity contribution is -0.143. The summed E-state index contributed by atoms with van der Waals surface area (Å²) in [6.45, 7) is 5.57. The van der Waals surface area contributed by atoms with Crippen LogP contribution in [0.25, 0.3) is 10.9 Å². The number of esters is 1. The van der Waals surface area contributed by atoms with Crippen molar-refractivity contribution < 1.29 is 22.7 Å². The number of rotatable bonds is 9. The van der Waals surface area contributed by atoms with Gasteiger partial charge < -0.3 is 9.47 Å². The molecule has 0 unspecified atom stereocenters. The highest BCUT2D eigenvalue weighted by atomic mass is 79.9. The number of carbonyl (C=O) groups excluding carboxylic acids is 1. The van der Waals surface area contributed by atoms with Gasteiger partial charge in [0, 0.05) is 18.0 Å². The van der Waals surface area contributed by atoms with Crippen molar-refractivity contribution in [2.24, 2.45) is 0 Å². The second-order valence-corrected chi connectivity index (χ2v) is 10.5. The number of ether oxygens (including phenoxy) is 2. The molecular weight excluding hydrogens is 478 g/mol. The van der Waals surface area contributed by atoms with Crippen LogP contribution in [0.5, 0.6) is 5.75 Å². The Kier molecular flexibility index (Phi) is 8.42. The smallest absolute Gasteiger partial charge is 0.306 e. The zero-order valence-electron chi connectivity index (χ0n) is 16.8. The van der Waals surface area contributed by atoms with E-state index in [9.17, 15) is 13.2 Å². The number of hydrogen-bond acceptors (Lipinski definition) is 6. The van der Waals surface area contributed by atoms with Gasteiger partial charge in [-0.25, -0.2) is 12.4 Å². The van der Waals surface area contributed by atoms with Gasteiger partial charge in [0.2, 0.25) is 0 Å². The number of carbonyl (C=O) groups is 1. The fraction of sp³-hybridized carbons (Fsp3) is 0.350. The van der Waals surface area contributed by atoms with Gasteiger partial charge in [0.15, 0.2) is 0 Å². The standard InChI is InChI=1S/C20H24BrNO5S2/c1-5-18(21)28-20(6-2)29(24,25)22-13-14(8-11-19(23)27-7-3)16-12-15(26-4)9-10-17(16)22/h5-6,9-10,12-13H,7-8,11H2,1-4H3/b18-5-,20-6+. The fourth-order valence-electron chi connectivity index (χ4n) is 2.75. The Morgan fingerprint density at radius 3 is 2.59 bits per heavy atom. The zero-order valence-corrected chi connectivity index (χ0v) is 20.0. The van der Waals surface area contributed by atoms with Crippen LogP contribution in [0.4, 0.5) is 0 Å². The maximum Gasteiger partial charge on any atom is 0.306 e. The Morgan fingerprint density at radius 2 is 2.00 bits per heavy atom. The van der Waals surface area contributed by atoms with Crippen molar-refractivity contribution in [2.45, 2.75) is 33.6 Å². The molecule has 0 aliphatic heterocycles. The number of allylic oxidation sites excluding steroid dienone is 2. The molecule has 0 bridgehead atoms. The van der Waals surface area contributed by atoms with E-state index in [0.29, 0.717) is 28.1 Å². The summed E-state index contributed by atoms with van der Waals surface area (Å²) in [5, 5.41) is 0.725. The molecule has 1 aromatic carbocycles. The van der Waals surface area contributed by atoms with E-state index in [0.717, 1.165) is 22.7 Å². The van der Waals surface area contributed by atoms with Gasteiger partial charge in [-0.1, -0.05) is 23.9 Å². The van der Waals surface area contributed by atoms with Gasteiger partial charge in [0.1, 0.15) is 9.99 Å². The van der Waals surface area contributed by atoms with Crippen LogP contribution in [0, 0.1) is 0 Å². The van der Waals surface area contributed by atoms with Gasteiger partial charge in [-0.3, -0.25) is 4.79 Å². The van der Waals surface area contributed by atoms with E-state index in [2.05, 4.69) is 15.9 Å². The number of benzene rings is 1. The molecule has 0 saturated heterocycles. The van der Waals surface area contributed by atoms with Gasteiger partial charge in [-0.2, -0.15) is 0 Å². The van der Waals surface area contributed by atoms with E-state index in [-0.39, 0.29) is 16.6 Å². The highest BCUT2D eigenvalue weighted by Crippen LogP contribution is 2.37. The number of thioether (sulfide) groups is 1. The lowest BCUT2D eigenvalue weighted by atomic mass is 10.1. The Morgan fingerprint density at radius 1 is 1.28 bits per heavy atom. The highest BCUT2D eigenvalue weighted by Gasteiger charge is 2.25. The van der Waals surface area contributed by atoms with Crippen molar-refractivity contribution in [2.75, 3.05) is 13.7 Å². The monoisotopic (exact) mass is 501 g/mol. The highest BCUT2D eigenvalue weighted by molar-refractivity contribution is 9.14. The maximum atomic E-state index is 13.3. The molecule has 0 saturated carbocycles. The lowest BCUT2D eigenvalue weighted by Gasteiger charge is -2.10. The number of hydrogen-bond donors (Lipinski definition) is 0. The largest absolute Gasteiger partial charge is 0.497 e. The Bertz CT molecular complexity index is 1050. The van der Waals surface area contributed by atoms with Crippen LogP contribution in [-0.2, 0) is 26.0 Å². The van der Waals surface area contributed by atoms with Crippen molar-refractivity contribution in [1.29, 1.82) is 0 Å². The van der Waals surface area contributed by atoms with Crippen molar-refractivity contribution in [3.05, 3.63) is 50.2 Å². The summed E-state index contributed by atoms with van der Waals surface area (Å²) in [4.78, 5) is 11.8. The van der Waals surface area contributed by atoms with E-state index < -0.39 is 10.0 Å². The summed E-state index contributed by atoms with van der Waals surface area (Å²) in [6.07, 6.45) is 5.46. The first-order chi connectivity index (χ1) is 13.8. The van der Waals surface area contributed by atoms with Crippen molar-refractivity contribution in [1.82, 2.24) is 3.97 Å². The summed E-state index contributed by atoms with van der Waals surface area (Å²) in [6, 6.07) is 5.21. The number of aryl methyl sites for hydroxylation is 1. The van der Waals surface area contributed by atoms with E-state index in [1.165, 1.54) is 3.97 Å². The molecule has 0 N–H and O–H groups in total. The molecular formula is C20H24BrNO5S2. The van der Waals surface area contributed by atoms with E-state index in [1.54, 1.807) is 57.5 Å². The molecule has 9 heteroatoms. The molecule has 0 fully saturated rings. The van der Waals surface area contributed by atoms with Crippen molar-refractivity contribution in [3.8, 4) is 5.75 Å². The summed E-state index contributed by atoms with van der Waals surface area (Å²) < 4.78 is 39.1. The molecule has 0 spiro atoms. The van der Waals surface area contributed by atoms with Crippen LogP contribution in [0.1, 0.15) is 32.8 Å². The van der Waals surface area contributed by atoms with Gasteiger partial charge in [-0.15, -0.1) is 0 Å². The SMILES string of the molecule is C/C=C(/Br)S/C(=C\C)S(=O)(=O)n1cc(CCC(=O)OCC)c2cc(OC)ccc21. The number of nitrogens with zero attached hydrogens (tertiary/aromatic N) is 1. The van der Waals surface area contributed by atoms with E-state index in [4.69, 9.17) is 9.47 Å². The van der Waals surface area contributed by atoms with Crippen molar-refractivity contribution in [3.63, 3.8) is 0 Å². The minimum atomic E-state index is -3.82. The first-order valence-corrected chi connectivity index (χ1v) is 12.1. The molecule has 29 heavy (non-hydrogen) atoms. The first-order valence-electron chi connectivity index (χ1n) is 9.03. The topological polar surface area (TPSA) is 74.6 Å². The average molecular weight is 502 g/mol. The van der Waals surface area contributed by atoms with Crippen LogP contribution in [0.3, 0.4) is 0 Å². The maximum absolute atomic E-state index is 13.3. The predicted octanol–water partition coefficient (Wildman–Crippen LogP) is 5.17. The van der Waals surface area contributed by atoms with Gasteiger partial charge in [-0.05, 0) is 66.9 Å². The summed E-state index contributed by atoms with van der Waals surface area (Å²) in [5.41, 5.74) is 1.27. The minimum Gasteiger partial charge on any atom is -0.497 e. The number of halogens is 1. The van der Waals surface area contributed by atoms with E-state index >= 15 is 0 Å². The molecule has 0 atom stereocenters. The third-order valence-corrected chi connectivity index (χ3v) is 8.40. The van der Waals surface area contributed by atoms with Gasteiger partial charge >= 0.3 is 5.97 Å². The molecule has 0 radical (unpaired) electrons. The normalized spacial score (nSPS) is 13.0. The Balaban J connectivity index is 2.57. The van der Waals surface area contributed by atoms with Crippen LogP contribution in [0.15, 0.2) is 44.6 Å². The van der Waals surface area contributed by atoms with Crippen LogP contribution in [0.2, 0.25) is 0 Å². The number of fused-ring (bicyclic) bond motifs is 1. The van der Waals surface area contributed by atoms with Gasteiger partial charge in [0.25, 0.3) is 10.0 Å².